The van der Waals surface area contributed by atoms with Gasteiger partial charge in [0.1, 0.15) is 6.10 Å². The monoisotopic (exact) mass is 514 g/mol. The van der Waals surface area contributed by atoms with E-state index in [1.165, 1.54) is 7.11 Å². The van der Waals surface area contributed by atoms with Gasteiger partial charge in [0.05, 0.1) is 6.61 Å². The molecule has 0 bridgehead atoms. The first-order valence-corrected chi connectivity index (χ1v) is 11.6. The highest BCUT2D eigenvalue weighted by Crippen LogP contribution is 2.29. The highest BCUT2D eigenvalue weighted by molar-refractivity contribution is 6.03. The van der Waals surface area contributed by atoms with Crippen molar-refractivity contribution < 1.29 is 24.2 Å². The van der Waals surface area contributed by atoms with Crippen LogP contribution in [0.1, 0.15) is 52.8 Å². The maximum atomic E-state index is 12.6. The van der Waals surface area contributed by atoms with Crippen LogP contribution in [0.5, 0.6) is 0 Å². The number of carbonyl (C=O) groups is 2. The minimum Gasteiger partial charge on any atom is -0.392 e. The number of Topliss-reactive ketones (excluding diaryl/α,β-unsaturated/α-hetero) is 2. The van der Waals surface area contributed by atoms with Gasteiger partial charge in [-0.1, -0.05) is 136 Å². The third-order valence-corrected chi connectivity index (χ3v) is 5.85. The van der Waals surface area contributed by atoms with Gasteiger partial charge in [-0.25, -0.2) is 0 Å². The summed E-state index contributed by atoms with van der Waals surface area (Å²) in [7, 11) is 2.99. The highest BCUT2D eigenvalue weighted by atomic mass is 16.5. The number of rotatable bonds is 9. The Hall–Kier alpha value is -3.90. The van der Waals surface area contributed by atoms with E-state index >= 15 is 0 Å². The zero-order valence-electron chi connectivity index (χ0n) is 20.4. The number of benzene rings is 4. The van der Waals surface area contributed by atoms with Gasteiger partial charge in [0, 0.05) is 25.3 Å². The van der Waals surface area contributed by atoms with Gasteiger partial charge in [0.2, 0.25) is 5.78 Å². The van der Waals surface area contributed by atoms with Crippen LogP contribution in [-0.2, 0) is 15.1 Å². The smallest absolute Gasteiger partial charge is 0.201 e. The first kappa shape index (κ1) is 32.1. The number of carbonyl (C=O) groups excluding carboxylic acids is 2. The van der Waals surface area contributed by atoms with Crippen molar-refractivity contribution in [3.63, 3.8) is 0 Å². The summed E-state index contributed by atoms with van der Waals surface area (Å²) in [4.78, 5) is 24.9. The molecule has 0 heterocycles. The highest BCUT2D eigenvalue weighted by Gasteiger charge is 2.40. The van der Waals surface area contributed by atoms with Gasteiger partial charge in [-0.3, -0.25) is 9.59 Å². The second-order valence-electron chi connectivity index (χ2n) is 8.01. The molecule has 0 aromatic heterocycles. The Labute approximate surface area is 226 Å². The zero-order chi connectivity index (χ0) is 25.8. The topological polar surface area (TPSA) is 72.8 Å². The molecule has 0 radical (unpaired) electrons. The maximum Gasteiger partial charge on any atom is 0.201 e. The summed E-state index contributed by atoms with van der Waals surface area (Å²) in [6.45, 7) is -0.402. The molecule has 0 aliphatic heterocycles. The fraction of sp³-hybridized carbons (Fsp3) is 0.212. The molecule has 38 heavy (non-hydrogen) atoms. The van der Waals surface area contributed by atoms with E-state index in [9.17, 15) is 14.7 Å². The van der Waals surface area contributed by atoms with E-state index in [4.69, 9.17) is 9.47 Å². The molecule has 200 valence electrons. The molecule has 0 saturated heterocycles. The van der Waals surface area contributed by atoms with Crippen LogP contribution in [0.25, 0.3) is 0 Å². The largest absolute Gasteiger partial charge is 0.392 e. The van der Waals surface area contributed by atoms with E-state index in [2.05, 4.69) is 0 Å². The normalized spacial score (nSPS) is 12.3. The second-order valence-corrected chi connectivity index (χ2v) is 8.01. The van der Waals surface area contributed by atoms with Gasteiger partial charge >= 0.3 is 0 Å². The quantitative estimate of drug-likeness (QED) is 0.245. The number of aliphatic hydroxyl groups is 1. The SMILES string of the molecule is C.C.COC(C(=O)c1ccccc1)c1ccccc1.COC(CO)(C(=O)c1ccccc1)c1ccccc1. The number of methoxy groups -OCH3 is 2. The molecule has 0 aliphatic rings. The van der Waals surface area contributed by atoms with E-state index in [1.807, 2.05) is 72.8 Å². The lowest BCUT2D eigenvalue weighted by Crippen LogP contribution is -2.41. The molecule has 4 aromatic rings. The average molecular weight is 515 g/mol. The number of ketones is 2. The van der Waals surface area contributed by atoms with Crippen molar-refractivity contribution in [3.05, 3.63) is 144 Å². The van der Waals surface area contributed by atoms with Crippen LogP contribution in [0.4, 0.5) is 0 Å². The van der Waals surface area contributed by atoms with Crippen molar-refractivity contribution in [1.29, 1.82) is 0 Å². The lowest BCUT2D eigenvalue weighted by Gasteiger charge is -2.29. The van der Waals surface area contributed by atoms with Crippen LogP contribution < -0.4 is 0 Å². The minimum atomic E-state index is -1.34. The number of hydrogen-bond acceptors (Lipinski definition) is 5. The molecule has 4 aromatic carbocycles. The Morgan fingerprint density at radius 1 is 0.684 bits per heavy atom. The summed E-state index contributed by atoms with van der Waals surface area (Å²) in [5.41, 5.74) is 1.37. The predicted molar refractivity (Wildman–Crippen MR) is 153 cm³/mol. The summed E-state index contributed by atoms with van der Waals surface area (Å²) in [5.74, 6) is -0.261. The van der Waals surface area contributed by atoms with Gasteiger partial charge in [0.15, 0.2) is 11.4 Å². The van der Waals surface area contributed by atoms with Crippen LogP contribution in [0, 0.1) is 0 Å². The lowest BCUT2D eigenvalue weighted by atomic mass is 9.86. The van der Waals surface area contributed by atoms with Gasteiger partial charge in [-0.05, 0) is 11.1 Å². The van der Waals surface area contributed by atoms with E-state index < -0.39 is 18.3 Å². The Balaban J connectivity index is 0.000000363. The number of hydrogen-bond donors (Lipinski definition) is 1. The molecule has 0 saturated carbocycles. The van der Waals surface area contributed by atoms with Gasteiger partial charge in [-0.2, -0.15) is 0 Å². The van der Waals surface area contributed by atoms with Crippen LogP contribution in [0.3, 0.4) is 0 Å². The third kappa shape index (κ3) is 7.56. The van der Waals surface area contributed by atoms with Crippen LogP contribution >= 0.6 is 0 Å². The first-order valence-electron chi connectivity index (χ1n) is 11.6. The molecule has 0 amide bonds. The van der Waals surface area contributed by atoms with Crippen LogP contribution in [-0.4, -0.2) is 37.5 Å². The first-order chi connectivity index (χ1) is 17.6. The standard InChI is InChI=1S/C16H16O3.C15H14O2.2CH4/c1-19-16(12-17,14-10-6-3-7-11-14)15(18)13-8-4-2-5-9-13;1-17-15(13-10-6-3-7-11-13)14(16)12-8-4-2-5-9-12;;/h2-11,17H,12H2,1H3;2-11,15H,1H3;2*1H4. The summed E-state index contributed by atoms with van der Waals surface area (Å²) < 4.78 is 10.7. The fourth-order valence-corrected chi connectivity index (χ4v) is 3.88. The second kappa shape index (κ2) is 16.0. The molecular formula is C33H38O5. The van der Waals surface area contributed by atoms with E-state index in [1.54, 1.807) is 55.6 Å². The van der Waals surface area contributed by atoms with Crippen molar-refractivity contribution in [1.82, 2.24) is 0 Å². The number of aliphatic hydroxyl groups excluding tert-OH is 1. The molecular weight excluding hydrogens is 476 g/mol. The molecule has 5 nitrogen and oxygen atoms in total. The third-order valence-electron chi connectivity index (χ3n) is 5.85. The number of ether oxygens (including phenoxy) is 2. The van der Waals surface area contributed by atoms with E-state index in [0.717, 1.165) is 5.56 Å². The van der Waals surface area contributed by atoms with E-state index in [-0.39, 0.29) is 26.4 Å². The Morgan fingerprint density at radius 3 is 1.53 bits per heavy atom. The summed E-state index contributed by atoms with van der Waals surface area (Å²) in [6.07, 6.45) is -0.529. The summed E-state index contributed by atoms with van der Waals surface area (Å²) >= 11 is 0. The van der Waals surface area contributed by atoms with Gasteiger partial charge in [-0.15, -0.1) is 0 Å². The molecule has 4 rings (SSSR count). The van der Waals surface area contributed by atoms with Crippen LogP contribution in [0.2, 0.25) is 0 Å². The predicted octanol–water partition coefficient (Wildman–Crippen LogP) is 6.93. The van der Waals surface area contributed by atoms with Crippen molar-refractivity contribution in [2.45, 2.75) is 26.6 Å². The maximum absolute atomic E-state index is 12.6. The Bertz CT molecular complexity index is 1210. The molecule has 0 spiro atoms. The van der Waals surface area contributed by atoms with Crippen molar-refractivity contribution in [2.75, 3.05) is 20.8 Å². The minimum absolute atomic E-state index is 0. The van der Waals surface area contributed by atoms with Crippen molar-refractivity contribution in [2.24, 2.45) is 0 Å². The zero-order valence-corrected chi connectivity index (χ0v) is 20.4. The average Bonchev–Trinajstić information content (AvgIpc) is 2.97. The molecule has 2 atom stereocenters. The molecule has 0 aliphatic carbocycles. The Morgan fingerprint density at radius 2 is 1.11 bits per heavy atom. The van der Waals surface area contributed by atoms with Gasteiger partial charge < -0.3 is 14.6 Å². The molecule has 1 N–H and O–H groups in total. The van der Waals surface area contributed by atoms with Crippen molar-refractivity contribution in [3.8, 4) is 0 Å². The fourth-order valence-electron chi connectivity index (χ4n) is 3.88. The Kier molecular flexibility index (Phi) is 13.6. The summed E-state index contributed by atoms with van der Waals surface area (Å²) in [5, 5.41) is 9.72. The van der Waals surface area contributed by atoms with Crippen molar-refractivity contribution >= 4 is 11.6 Å². The van der Waals surface area contributed by atoms with Crippen LogP contribution in [0.15, 0.2) is 121 Å². The lowest BCUT2D eigenvalue weighted by molar-refractivity contribution is -0.0341. The van der Waals surface area contributed by atoms with E-state index in [0.29, 0.717) is 16.7 Å². The summed E-state index contributed by atoms with van der Waals surface area (Å²) in [6, 6.07) is 36.6. The molecule has 0 fully saturated rings. The molecule has 5 heteroatoms. The van der Waals surface area contributed by atoms with Gasteiger partial charge in [0.25, 0.3) is 0 Å². The molecule has 2 unspecified atom stereocenters.